The van der Waals surface area contributed by atoms with E-state index < -0.39 is 11.9 Å². The number of hydrogen-bond acceptors (Lipinski definition) is 3. The molecule has 6 nitrogen and oxygen atoms in total. The highest BCUT2D eigenvalue weighted by Crippen LogP contribution is 2.06. The number of amides is 2. The lowest BCUT2D eigenvalue weighted by Gasteiger charge is -2.22. The Morgan fingerprint density at radius 1 is 1.00 bits per heavy atom. The van der Waals surface area contributed by atoms with Crippen molar-refractivity contribution in [2.24, 2.45) is 5.73 Å². The summed E-state index contributed by atoms with van der Waals surface area (Å²) in [6.45, 7) is 0.761. The standard InChI is InChI=1S/C16H22N2O4/c17-14(19)10-12-18(15(20)7-4-8-16(21)22)11-9-13-5-2-1-3-6-13/h1-3,5-6H,4,7-12H2,(H2,17,19)(H,21,22). The summed E-state index contributed by atoms with van der Waals surface area (Å²) in [6.07, 6.45) is 1.23. The minimum atomic E-state index is -0.916. The lowest BCUT2D eigenvalue weighted by atomic mass is 10.1. The second kappa shape index (κ2) is 9.55. The fraction of sp³-hybridized carbons (Fsp3) is 0.438. The van der Waals surface area contributed by atoms with Gasteiger partial charge in [0.1, 0.15) is 0 Å². The molecule has 0 aliphatic rings. The van der Waals surface area contributed by atoms with E-state index in [9.17, 15) is 14.4 Å². The summed E-state index contributed by atoms with van der Waals surface area (Å²) < 4.78 is 0. The predicted molar refractivity (Wildman–Crippen MR) is 82.0 cm³/mol. The van der Waals surface area contributed by atoms with Gasteiger partial charge >= 0.3 is 5.97 Å². The molecule has 0 aliphatic heterocycles. The SMILES string of the molecule is NC(=O)CCN(CCc1ccccc1)C(=O)CCCC(=O)O. The van der Waals surface area contributed by atoms with Gasteiger partial charge in [-0.05, 0) is 18.4 Å². The van der Waals surface area contributed by atoms with Crippen LogP contribution in [0.5, 0.6) is 0 Å². The summed E-state index contributed by atoms with van der Waals surface area (Å²) in [6, 6.07) is 9.73. The number of carbonyl (C=O) groups excluding carboxylic acids is 2. The van der Waals surface area contributed by atoms with Gasteiger partial charge in [-0.15, -0.1) is 0 Å². The van der Waals surface area contributed by atoms with E-state index in [2.05, 4.69) is 0 Å². The first kappa shape index (κ1) is 17.7. The van der Waals surface area contributed by atoms with E-state index in [1.807, 2.05) is 30.3 Å². The Morgan fingerprint density at radius 2 is 1.68 bits per heavy atom. The number of nitrogens with two attached hydrogens (primary N) is 1. The van der Waals surface area contributed by atoms with Gasteiger partial charge in [0, 0.05) is 32.4 Å². The molecule has 6 heteroatoms. The molecule has 0 saturated heterocycles. The first-order chi connectivity index (χ1) is 10.5. The minimum absolute atomic E-state index is 0.0336. The zero-order valence-electron chi connectivity index (χ0n) is 12.5. The van der Waals surface area contributed by atoms with Crippen molar-refractivity contribution in [3.63, 3.8) is 0 Å². The highest BCUT2D eigenvalue weighted by atomic mass is 16.4. The van der Waals surface area contributed by atoms with Crippen molar-refractivity contribution in [2.45, 2.75) is 32.1 Å². The maximum atomic E-state index is 12.1. The van der Waals surface area contributed by atoms with Crippen molar-refractivity contribution in [1.29, 1.82) is 0 Å². The van der Waals surface area contributed by atoms with E-state index in [0.29, 0.717) is 19.4 Å². The Morgan fingerprint density at radius 3 is 2.27 bits per heavy atom. The first-order valence-corrected chi connectivity index (χ1v) is 7.31. The molecule has 0 aliphatic carbocycles. The number of benzene rings is 1. The third-order valence-electron chi connectivity index (χ3n) is 3.28. The van der Waals surface area contributed by atoms with Gasteiger partial charge in [0.2, 0.25) is 11.8 Å². The van der Waals surface area contributed by atoms with Gasteiger partial charge in [-0.25, -0.2) is 0 Å². The number of carboxylic acids is 1. The van der Waals surface area contributed by atoms with Gasteiger partial charge in [-0.3, -0.25) is 14.4 Å². The number of carboxylic acid groups (broad SMARTS) is 1. The van der Waals surface area contributed by atoms with E-state index >= 15 is 0 Å². The van der Waals surface area contributed by atoms with Crippen LogP contribution in [0.4, 0.5) is 0 Å². The molecule has 2 amide bonds. The lowest BCUT2D eigenvalue weighted by molar-refractivity contribution is -0.137. The molecule has 0 aromatic heterocycles. The van der Waals surface area contributed by atoms with Crippen molar-refractivity contribution >= 4 is 17.8 Å². The fourth-order valence-corrected chi connectivity index (χ4v) is 2.06. The Balaban J connectivity index is 2.52. The monoisotopic (exact) mass is 306 g/mol. The topological polar surface area (TPSA) is 101 Å². The molecule has 0 heterocycles. The van der Waals surface area contributed by atoms with Gasteiger partial charge in [-0.1, -0.05) is 30.3 Å². The summed E-state index contributed by atoms with van der Waals surface area (Å²) in [7, 11) is 0. The second-order valence-corrected chi connectivity index (χ2v) is 5.08. The van der Waals surface area contributed by atoms with Crippen LogP contribution in [-0.2, 0) is 20.8 Å². The molecule has 1 aromatic carbocycles. The van der Waals surface area contributed by atoms with E-state index in [4.69, 9.17) is 10.8 Å². The van der Waals surface area contributed by atoms with Crippen LogP contribution < -0.4 is 5.73 Å². The molecule has 0 atom stereocenters. The first-order valence-electron chi connectivity index (χ1n) is 7.31. The highest BCUT2D eigenvalue weighted by Gasteiger charge is 2.14. The number of primary amides is 1. The van der Waals surface area contributed by atoms with Crippen LogP contribution >= 0.6 is 0 Å². The summed E-state index contributed by atoms with van der Waals surface area (Å²) in [5.74, 6) is -1.51. The van der Waals surface area contributed by atoms with Crippen LogP contribution in [-0.4, -0.2) is 40.9 Å². The molecule has 0 saturated carbocycles. The Kier molecular flexibility index (Phi) is 7.67. The summed E-state index contributed by atoms with van der Waals surface area (Å²) in [4.78, 5) is 35.1. The molecule has 0 spiro atoms. The van der Waals surface area contributed by atoms with Gasteiger partial charge in [-0.2, -0.15) is 0 Å². The zero-order valence-corrected chi connectivity index (χ0v) is 12.5. The average Bonchev–Trinajstić information content (AvgIpc) is 2.47. The Bertz CT molecular complexity index is 502. The van der Waals surface area contributed by atoms with Crippen molar-refractivity contribution in [2.75, 3.05) is 13.1 Å². The fourth-order valence-electron chi connectivity index (χ4n) is 2.06. The van der Waals surface area contributed by atoms with Gasteiger partial charge < -0.3 is 15.7 Å². The minimum Gasteiger partial charge on any atom is -0.481 e. The summed E-state index contributed by atoms with van der Waals surface area (Å²) >= 11 is 0. The number of aliphatic carboxylic acids is 1. The van der Waals surface area contributed by atoms with Crippen LogP contribution in [0.3, 0.4) is 0 Å². The maximum Gasteiger partial charge on any atom is 0.303 e. The van der Waals surface area contributed by atoms with E-state index in [0.717, 1.165) is 5.56 Å². The number of nitrogens with zero attached hydrogens (tertiary/aromatic N) is 1. The number of rotatable bonds is 10. The molecule has 0 unspecified atom stereocenters. The normalized spacial score (nSPS) is 10.2. The largest absolute Gasteiger partial charge is 0.481 e. The third-order valence-corrected chi connectivity index (χ3v) is 3.28. The number of hydrogen-bond donors (Lipinski definition) is 2. The van der Waals surface area contributed by atoms with E-state index in [-0.39, 0.29) is 31.7 Å². The molecule has 22 heavy (non-hydrogen) atoms. The highest BCUT2D eigenvalue weighted by molar-refractivity contribution is 5.78. The predicted octanol–water partition coefficient (Wildman–Crippen LogP) is 1.19. The van der Waals surface area contributed by atoms with Gasteiger partial charge in [0.15, 0.2) is 0 Å². The quantitative estimate of drug-likeness (QED) is 0.678. The lowest BCUT2D eigenvalue weighted by Crippen LogP contribution is -2.35. The summed E-state index contributed by atoms with van der Waals surface area (Å²) in [5.41, 5.74) is 6.24. The molecule has 0 bridgehead atoms. The van der Waals surface area contributed by atoms with E-state index in [1.54, 1.807) is 4.90 Å². The molecule has 120 valence electrons. The van der Waals surface area contributed by atoms with Crippen LogP contribution in [0, 0.1) is 0 Å². The van der Waals surface area contributed by atoms with Gasteiger partial charge in [0.25, 0.3) is 0 Å². The third kappa shape index (κ3) is 7.42. The van der Waals surface area contributed by atoms with Gasteiger partial charge in [0.05, 0.1) is 0 Å². The smallest absolute Gasteiger partial charge is 0.303 e. The molecule has 1 rings (SSSR count). The van der Waals surface area contributed by atoms with Crippen LogP contribution in [0.2, 0.25) is 0 Å². The Labute approximate surface area is 129 Å². The van der Waals surface area contributed by atoms with Crippen molar-refractivity contribution in [3.05, 3.63) is 35.9 Å². The Hall–Kier alpha value is -2.37. The van der Waals surface area contributed by atoms with Crippen molar-refractivity contribution in [3.8, 4) is 0 Å². The van der Waals surface area contributed by atoms with Crippen LogP contribution in [0.1, 0.15) is 31.2 Å². The van der Waals surface area contributed by atoms with Crippen molar-refractivity contribution < 1.29 is 19.5 Å². The van der Waals surface area contributed by atoms with Crippen molar-refractivity contribution in [1.82, 2.24) is 4.90 Å². The molecular formula is C16H22N2O4. The molecule has 3 N–H and O–H groups in total. The molecule has 0 radical (unpaired) electrons. The average molecular weight is 306 g/mol. The molecule has 0 fully saturated rings. The van der Waals surface area contributed by atoms with Crippen LogP contribution in [0.25, 0.3) is 0 Å². The van der Waals surface area contributed by atoms with E-state index in [1.165, 1.54) is 0 Å². The summed E-state index contributed by atoms with van der Waals surface area (Å²) in [5, 5.41) is 8.61. The second-order valence-electron chi connectivity index (χ2n) is 5.08. The molecule has 1 aromatic rings. The molecular weight excluding hydrogens is 284 g/mol. The number of carbonyl (C=O) groups is 3. The zero-order chi connectivity index (χ0) is 16.4. The maximum absolute atomic E-state index is 12.1. The van der Waals surface area contributed by atoms with Crippen LogP contribution in [0.15, 0.2) is 30.3 Å².